The molecule has 2 aromatic rings. The van der Waals surface area contributed by atoms with Crippen LogP contribution in [-0.2, 0) is 0 Å². The highest BCUT2D eigenvalue weighted by Crippen LogP contribution is 2.20. The van der Waals surface area contributed by atoms with Gasteiger partial charge in [-0.15, -0.1) is 0 Å². The zero-order chi connectivity index (χ0) is 13.3. The van der Waals surface area contributed by atoms with Gasteiger partial charge in [-0.1, -0.05) is 23.7 Å². The largest absolute Gasteiger partial charge is 0.366 e. The van der Waals surface area contributed by atoms with E-state index in [-0.39, 0.29) is 5.56 Å². The standard InChI is InChI=1S/C13H11ClN2O2/c1-8-9(13(15)18)6-7-12(17)16(8)11-5-3-2-4-10(11)14/h2-7H,1H3,(H2,15,18). The third-order valence-electron chi connectivity index (χ3n) is 2.70. The highest BCUT2D eigenvalue weighted by Gasteiger charge is 2.13. The first-order valence-electron chi connectivity index (χ1n) is 5.29. The number of amides is 1. The van der Waals surface area contributed by atoms with Crippen LogP contribution in [0.4, 0.5) is 0 Å². The molecule has 0 aliphatic heterocycles. The van der Waals surface area contributed by atoms with E-state index < -0.39 is 5.91 Å². The van der Waals surface area contributed by atoms with E-state index in [1.807, 2.05) is 0 Å². The molecule has 92 valence electrons. The van der Waals surface area contributed by atoms with Crippen LogP contribution in [0.5, 0.6) is 0 Å². The van der Waals surface area contributed by atoms with Crippen molar-refractivity contribution in [2.75, 3.05) is 0 Å². The summed E-state index contributed by atoms with van der Waals surface area (Å²) in [5, 5.41) is 0.435. The Morgan fingerprint density at radius 1 is 1.22 bits per heavy atom. The first-order chi connectivity index (χ1) is 8.52. The fourth-order valence-corrected chi connectivity index (χ4v) is 2.05. The second kappa shape index (κ2) is 4.66. The molecule has 1 heterocycles. The van der Waals surface area contributed by atoms with Crippen molar-refractivity contribution in [1.29, 1.82) is 0 Å². The van der Waals surface area contributed by atoms with Gasteiger partial charge in [0.05, 0.1) is 16.3 Å². The van der Waals surface area contributed by atoms with Gasteiger partial charge >= 0.3 is 0 Å². The molecule has 0 aliphatic carbocycles. The number of hydrogen-bond acceptors (Lipinski definition) is 2. The maximum atomic E-state index is 11.9. The lowest BCUT2D eigenvalue weighted by molar-refractivity contribution is 0.0999. The molecule has 5 heteroatoms. The minimum Gasteiger partial charge on any atom is -0.366 e. The predicted octanol–water partition coefficient (Wildman–Crippen LogP) is 1.90. The maximum absolute atomic E-state index is 11.9. The maximum Gasteiger partial charge on any atom is 0.255 e. The number of para-hydroxylation sites is 1. The van der Waals surface area contributed by atoms with Crippen LogP contribution in [0.2, 0.25) is 5.02 Å². The number of aromatic nitrogens is 1. The van der Waals surface area contributed by atoms with Gasteiger partial charge in [-0.2, -0.15) is 0 Å². The molecule has 1 aromatic carbocycles. The number of nitrogens with two attached hydrogens (primary N) is 1. The van der Waals surface area contributed by atoms with Gasteiger partial charge in [0, 0.05) is 11.8 Å². The number of nitrogens with zero attached hydrogens (tertiary/aromatic N) is 1. The van der Waals surface area contributed by atoms with Gasteiger partial charge in [0.2, 0.25) is 5.91 Å². The molecule has 2 rings (SSSR count). The fourth-order valence-electron chi connectivity index (χ4n) is 1.83. The van der Waals surface area contributed by atoms with Gasteiger partial charge in [-0.3, -0.25) is 14.2 Å². The Morgan fingerprint density at radius 3 is 2.50 bits per heavy atom. The van der Waals surface area contributed by atoms with E-state index >= 15 is 0 Å². The molecule has 0 bridgehead atoms. The molecule has 0 atom stereocenters. The average molecular weight is 263 g/mol. The van der Waals surface area contributed by atoms with Gasteiger partial charge in [0.15, 0.2) is 0 Å². The van der Waals surface area contributed by atoms with Crippen molar-refractivity contribution < 1.29 is 4.79 Å². The van der Waals surface area contributed by atoms with Gasteiger partial charge in [0.1, 0.15) is 0 Å². The molecule has 0 aliphatic rings. The van der Waals surface area contributed by atoms with E-state index in [2.05, 4.69) is 0 Å². The van der Waals surface area contributed by atoms with E-state index in [9.17, 15) is 9.59 Å². The van der Waals surface area contributed by atoms with Crippen LogP contribution in [0, 0.1) is 6.92 Å². The van der Waals surface area contributed by atoms with E-state index in [1.165, 1.54) is 16.7 Å². The van der Waals surface area contributed by atoms with Crippen LogP contribution < -0.4 is 11.3 Å². The van der Waals surface area contributed by atoms with E-state index in [0.717, 1.165) is 0 Å². The topological polar surface area (TPSA) is 65.1 Å². The molecular formula is C13H11ClN2O2. The molecule has 0 saturated carbocycles. The Labute approximate surface area is 109 Å². The second-order valence-electron chi connectivity index (χ2n) is 3.82. The van der Waals surface area contributed by atoms with Crippen molar-refractivity contribution in [3.05, 3.63) is 63.0 Å². The number of pyridine rings is 1. The Morgan fingerprint density at radius 2 is 1.89 bits per heavy atom. The van der Waals surface area contributed by atoms with Crippen LogP contribution in [0.1, 0.15) is 16.1 Å². The summed E-state index contributed by atoms with van der Waals surface area (Å²) in [7, 11) is 0. The Balaban J connectivity index is 2.80. The zero-order valence-corrected chi connectivity index (χ0v) is 10.4. The smallest absolute Gasteiger partial charge is 0.255 e. The average Bonchev–Trinajstić information content (AvgIpc) is 2.31. The lowest BCUT2D eigenvalue weighted by Gasteiger charge is -2.13. The van der Waals surface area contributed by atoms with Crippen molar-refractivity contribution in [2.45, 2.75) is 6.92 Å². The quantitative estimate of drug-likeness (QED) is 0.898. The minimum absolute atomic E-state index is 0.259. The van der Waals surface area contributed by atoms with E-state index in [1.54, 1.807) is 31.2 Å². The summed E-state index contributed by atoms with van der Waals surface area (Å²) in [4.78, 5) is 23.2. The summed E-state index contributed by atoms with van der Waals surface area (Å²) in [6.45, 7) is 1.66. The summed E-state index contributed by atoms with van der Waals surface area (Å²) in [6.07, 6.45) is 0. The highest BCUT2D eigenvalue weighted by molar-refractivity contribution is 6.32. The monoisotopic (exact) mass is 262 g/mol. The first kappa shape index (κ1) is 12.4. The van der Waals surface area contributed by atoms with E-state index in [4.69, 9.17) is 17.3 Å². The molecule has 1 amide bonds. The molecule has 0 spiro atoms. The number of primary amides is 1. The van der Waals surface area contributed by atoms with Crippen LogP contribution in [-0.4, -0.2) is 10.5 Å². The Hall–Kier alpha value is -2.07. The fraction of sp³-hybridized carbons (Fsp3) is 0.0769. The van der Waals surface area contributed by atoms with Crippen molar-refractivity contribution in [3.63, 3.8) is 0 Å². The number of halogens is 1. The molecule has 2 N–H and O–H groups in total. The molecule has 4 nitrogen and oxygen atoms in total. The summed E-state index contributed by atoms with van der Waals surface area (Å²) in [5.74, 6) is -0.576. The molecule has 0 fully saturated rings. The zero-order valence-electron chi connectivity index (χ0n) is 9.68. The number of carbonyl (C=O) groups excluding carboxylic acids is 1. The van der Waals surface area contributed by atoms with Crippen molar-refractivity contribution in [3.8, 4) is 5.69 Å². The lowest BCUT2D eigenvalue weighted by atomic mass is 10.1. The molecule has 0 unspecified atom stereocenters. The molecule has 0 radical (unpaired) electrons. The lowest BCUT2D eigenvalue weighted by Crippen LogP contribution is -2.24. The van der Waals surface area contributed by atoms with E-state index in [0.29, 0.717) is 22.0 Å². The molecule has 1 aromatic heterocycles. The van der Waals surface area contributed by atoms with Gasteiger partial charge in [-0.25, -0.2) is 0 Å². The third kappa shape index (κ3) is 2.02. The molecular weight excluding hydrogens is 252 g/mol. The van der Waals surface area contributed by atoms with Crippen LogP contribution >= 0.6 is 11.6 Å². The van der Waals surface area contributed by atoms with Crippen molar-refractivity contribution in [1.82, 2.24) is 4.57 Å². The first-order valence-corrected chi connectivity index (χ1v) is 5.67. The number of carbonyl (C=O) groups is 1. The van der Waals surface area contributed by atoms with Crippen LogP contribution in [0.15, 0.2) is 41.2 Å². The summed E-state index contributed by atoms with van der Waals surface area (Å²) >= 11 is 6.06. The minimum atomic E-state index is -0.576. The van der Waals surface area contributed by atoms with Gasteiger partial charge < -0.3 is 5.73 Å². The van der Waals surface area contributed by atoms with Gasteiger partial charge in [0.25, 0.3) is 5.56 Å². The second-order valence-corrected chi connectivity index (χ2v) is 4.23. The Bertz CT molecular complexity index is 677. The number of hydrogen-bond donors (Lipinski definition) is 1. The summed E-state index contributed by atoms with van der Waals surface area (Å²) in [6, 6.07) is 9.65. The van der Waals surface area contributed by atoms with Crippen LogP contribution in [0.3, 0.4) is 0 Å². The van der Waals surface area contributed by atoms with Gasteiger partial charge in [-0.05, 0) is 25.1 Å². The molecule has 0 saturated heterocycles. The third-order valence-corrected chi connectivity index (χ3v) is 3.02. The SMILES string of the molecule is Cc1c(C(N)=O)ccc(=O)n1-c1ccccc1Cl. The molecule has 18 heavy (non-hydrogen) atoms. The Kier molecular flexibility index (Phi) is 3.21. The van der Waals surface area contributed by atoms with Crippen molar-refractivity contribution in [2.24, 2.45) is 5.73 Å². The number of benzene rings is 1. The summed E-state index contributed by atoms with van der Waals surface area (Å²) < 4.78 is 1.38. The number of rotatable bonds is 2. The predicted molar refractivity (Wildman–Crippen MR) is 70.3 cm³/mol. The summed E-state index contributed by atoms with van der Waals surface area (Å²) in [5.41, 5.74) is 6.31. The highest BCUT2D eigenvalue weighted by atomic mass is 35.5. The van der Waals surface area contributed by atoms with Crippen molar-refractivity contribution >= 4 is 17.5 Å². The normalized spacial score (nSPS) is 10.3. The van der Waals surface area contributed by atoms with Crippen LogP contribution in [0.25, 0.3) is 5.69 Å².